The fourth-order valence-electron chi connectivity index (χ4n) is 2.29. The van der Waals surface area contributed by atoms with E-state index in [1.54, 1.807) is 0 Å². The zero-order chi connectivity index (χ0) is 13.7. The molecule has 0 heterocycles. The molecule has 0 fully saturated rings. The minimum atomic E-state index is 0.345. The van der Waals surface area contributed by atoms with Gasteiger partial charge < -0.3 is 5.32 Å². The van der Waals surface area contributed by atoms with Gasteiger partial charge in [0.05, 0.1) is 0 Å². The van der Waals surface area contributed by atoms with Crippen molar-refractivity contribution < 1.29 is 0 Å². The Morgan fingerprint density at radius 2 is 1.84 bits per heavy atom. The van der Waals surface area contributed by atoms with Crippen molar-refractivity contribution in [3.8, 4) is 0 Å². The molecule has 0 radical (unpaired) electrons. The molecular formula is C16H17Cl2N. The van der Waals surface area contributed by atoms with Gasteiger partial charge in [0, 0.05) is 22.5 Å². The van der Waals surface area contributed by atoms with Crippen LogP contribution in [0.3, 0.4) is 0 Å². The summed E-state index contributed by atoms with van der Waals surface area (Å²) in [6.45, 7) is 0.885. The maximum atomic E-state index is 6.30. The first-order valence-electron chi connectivity index (χ1n) is 6.34. The van der Waals surface area contributed by atoms with Crippen LogP contribution >= 0.6 is 23.2 Å². The molecule has 0 saturated carbocycles. The van der Waals surface area contributed by atoms with E-state index < -0.39 is 0 Å². The topological polar surface area (TPSA) is 12.0 Å². The molecular weight excluding hydrogens is 277 g/mol. The highest BCUT2D eigenvalue weighted by Crippen LogP contribution is 2.27. The second kappa shape index (κ2) is 6.95. The predicted octanol–water partition coefficient (Wildman–Crippen LogP) is 4.54. The Hall–Kier alpha value is -1.02. The number of rotatable bonds is 5. The molecule has 2 rings (SSSR count). The van der Waals surface area contributed by atoms with Gasteiger partial charge in [-0.25, -0.2) is 0 Å². The van der Waals surface area contributed by atoms with Gasteiger partial charge in [-0.1, -0.05) is 53.5 Å². The van der Waals surface area contributed by atoms with Crippen LogP contribution < -0.4 is 5.32 Å². The average Bonchev–Trinajstić information content (AvgIpc) is 2.39. The van der Waals surface area contributed by atoms with E-state index in [1.165, 1.54) is 11.1 Å². The van der Waals surface area contributed by atoms with Gasteiger partial charge in [-0.15, -0.1) is 0 Å². The molecule has 0 aliphatic heterocycles. The smallest absolute Gasteiger partial charge is 0.0441 e. The number of benzene rings is 2. The molecule has 0 amide bonds. The number of nitrogens with one attached hydrogen (secondary N) is 1. The Kier molecular flexibility index (Phi) is 5.26. The maximum absolute atomic E-state index is 6.30. The van der Waals surface area contributed by atoms with Crippen LogP contribution in [0.4, 0.5) is 0 Å². The van der Waals surface area contributed by atoms with Gasteiger partial charge in [-0.3, -0.25) is 0 Å². The lowest BCUT2D eigenvalue weighted by Crippen LogP contribution is -2.19. The lowest BCUT2D eigenvalue weighted by molar-refractivity contribution is 0.626. The molecule has 1 N–H and O–H groups in total. The third-order valence-electron chi connectivity index (χ3n) is 3.17. The lowest BCUT2D eigenvalue weighted by atomic mass is 9.92. The summed E-state index contributed by atoms with van der Waals surface area (Å²) in [4.78, 5) is 0. The summed E-state index contributed by atoms with van der Waals surface area (Å²) < 4.78 is 0. The summed E-state index contributed by atoms with van der Waals surface area (Å²) in [6, 6.07) is 16.0. The Morgan fingerprint density at radius 3 is 2.53 bits per heavy atom. The van der Waals surface area contributed by atoms with Crippen LogP contribution in [0.2, 0.25) is 10.0 Å². The molecule has 1 unspecified atom stereocenters. The number of halogens is 2. The van der Waals surface area contributed by atoms with Crippen LogP contribution in [0.5, 0.6) is 0 Å². The van der Waals surface area contributed by atoms with E-state index in [4.69, 9.17) is 23.2 Å². The monoisotopic (exact) mass is 293 g/mol. The van der Waals surface area contributed by atoms with Crippen molar-refractivity contribution in [1.82, 2.24) is 5.32 Å². The zero-order valence-corrected chi connectivity index (χ0v) is 12.4. The molecule has 100 valence electrons. The van der Waals surface area contributed by atoms with Crippen LogP contribution in [0.1, 0.15) is 17.0 Å². The van der Waals surface area contributed by atoms with Crippen LogP contribution in [-0.4, -0.2) is 13.6 Å². The van der Waals surface area contributed by atoms with E-state index in [1.807, 2.05) is 43.4 Å². The van der Waals surface area contributed by atoms with Gasteiger partial charge in [-0.2, -0.15) is 0 Å². The van der Waals surface area contributed by atoms with E-state index in [9.17, 15) is 0 Å². The number of hydrogen-bond acceptors (Lipinski definition) is 1. The Labute approximate surface area is 124 Å². The van der Waals surface area contributed by atoms with Crippen LogP contribution in [-0.2, 0) is 6.42 Å². The summed E-state index contributed by atoms with van der Waals surface area (Å²) in [5, 5.41) is 4.84. The minimum absolute atomic E-state index is 0.345. The van der Waals surface area contributed by atoms with E-state index in [2.05, 4.69) is 17.4 Å². The third kappa shape index (κ3) is 3.97. The molecule has 0 saturated heterocycles. The summed E-state index contributed by atoms with van der Waals surface area (Å²) >= 11 is 12.3. The van der Waals surface area contributed by atoms with Gasteiger partial charge in [0.1, 0.15) is 0 Å². The van der Waals surface area contributed by atoms with Crippen molar-refractivity contribution in [3.63, 3.8) is 0 Å². The standard InChI is InChI=1S/C16H17Cl2N/c1-19-11-13(15-7-2-3-8-16(15)18)9-12-5-4-6-14(17)10-12/h2-8,10,13,19H,9,11H2,1H3. The molecule has 2 aromatic rings. The molecule has 1 nitrogen and oxygen atoms in total. The molecule has 0 aliphatic rings. The van der Waals surface area contributed by atoms with E-state index in [-0.39, 0.29) is 0 Å². The maximum Gasteiger partial charge on any atom is 0.0441 e. The predicted molar refractivity (Wildman–Crippen MR) is 83.3 cm³/mol. The molecule has 3 heteroatoms. The highest BCUT2D eigenvalue weighted by Gasteiger charge is 2.14. The van der Waals surface area contributed by atoms with Gasteiger partial charge in [-0.05, 0) is 42.8 Å². The van der Waals surface area contributed by atoms with E-state index >= 15 is 0 Å². The molecule has 0 aromatic heterocycles. The van der Waals surface area contributed by atoms with Crippen molar-refractivity contribution in [2.24, 2.45) is 0 Å². The summed E-state index contributed by atoms with van der Waals surface area (Å²) in [7, 11) is 1.96. The summed E-state index contributed by atoms with van der Waals surface area (Å²) in [5.74, 6) is 0.345. The Bertz CT molecular complexity index is 540. The van der Waals surface area contributed by atoms with Crippen molar-refractivity contribution in [2.75, 3.05) is 13.6 Å². The van der Waals surface area contributed by atoms with Crippen molar-refractivity contribution in [1.29, 1.82) is 0 Å². The second-order valence-corrected chi connectivity index (χ2v) is 5.45. The van der Waals surface area contributed by atoms with Crippen LogP contribution in [0.15, 0.2) is 48.5 Å². The first kappa shape index (κ1) is 14.4. The molecule has 19 heavy (non-hydrogen) atoms. The summed E-state index contributed by atoms with van der Waals surface area (Å²) in [6.07, 6.45) is 0.922. The highest BCUT2D eigenvalue weighted by atomic mass is 35.5. The Morgan fingerprint density at radius 1 is 1.05 bits per heavy atom. The first-order valence-corrected chi connectivity index (χ1v) is 7.09. The number of likely N-dealkylation sites (N-methyl/N-ethyl adjacent to an activating group) is 1. The number of hydrogen-bond donors (Lipinski definition) is 1. The largest absolute Gasteiger partial charge is 0.319 e. The van der Waals surface area contributed by atoms with Gasteiger partial charge >= 0.3 is 0 Å². The van der Waals surface area contributed by atoms with Crippen molar-refractivity contribution in [2.45, 2.75) is 12.3 Å². The van der Waals surface area contributed by atoms with E-state index in [0.29, 0.717) is 5.92 Å². The lowest BCUT2D eigenvalue weighted by Gasteiger charge is -2.18. The first-order chi connectivity index (χ1) is 9.20. The normalized spacial score (nSPS) is 12.4. The fraction of sp³-hybridized carbons (Fsp3) is 0.250. The Balaban J connectivity index is 2.24. The second-order valence-electron chi connectivity index (χ2n) is 4.61. The highest BCUT2D eigenvalue weighted by molar-refractivity contribution is 6.31. The minimum Gasteiger partial charge on any atom is -0.319 e. The van der Waals surface area contributed by atoms with Crippen LogP contribution in [0, 0.1) is 0 Å². The van der Waals surface area contributed by atoms with Crippen molar-refractivity contribution in [3.05, 3.63) is 69.7 Å². The molecule has 0 aliphatic carbocycles. The summed E-state index contributed by atoms with van der Waals surface area (Å²) in [5.41, 5.74) is 2.41. The van der Waals surface area contributed by atoms with Crippen molar-refractivity contribution >= 4 is 23.2 Å². The SMILES string of the molecule is CNCC(Cc1cccc(Cl)c1)c1ccccc1Cl. The fourth-order valence-corrected chi connectivity index (χ4v) is 2.80. The van der Waals surface area contributed by atoms with Gasteiger partial charge in [0.15, 0.2) is 0 Å². The molecule has 1 atom stereocenters. The third-order valence-corrected chi connectivity index (χ3v) is 3.75. The average molecular weight is 294 g/mol. The van der Waals surface area contributed by atoms with Gasteiger partial charge in [0.25, 0.3) is 0 Å². The molecule has 0 bridgehead atoms. The zero-order valence-electron chi connectivity index (χ0n) is 10.9. The van der Waals surface area contributed by atoms with Crippen LogP contribution in [0.25, 0.3) is 0 Å². The van der Waals surface area contributed by atoms with Gasteiger partial charge in [0.2, 0.25) is 0 Å². The molecule has 0 spiro atoms. The van der Waals surface area contributed by atoms with E-state index in [0.717, 1.165) is 23.0 Å². The molecule has 2 aromatic carbocycles. The quantitative estimate of drug-likeness (QED) is 0.853.